The van der Waals surface area contributed by atoms with Crippen molar-refractivity contribution in [3.05, 3.63) is 70.9 Å². The van der Waals surface area contributed by atoms with Crippen LogP contribution in [0.3, 0.4) is 0 Å². The molecule has 3 aromatic rings. The number of nitrogens with zero attached hydrogens (tertiary/aromatic N) is 1. The number of carbonyl (C=O) groups is 4. The number of aliphatic carboxylic acids is 1. The second-order valence-corrected chi connectivity index (χ2v) is 10.8. The van der Waals surface area contributed by atoms with Gasteiger partial charge in [-0.2, -0.15) is 0 Å². The van der Waals surface area contributed by atoms with Gasteiger partial charge in [0.25, 0.3) is 5.91 Å². The van der Waals surface area contributed by atoms with Gasteiger partial charge in [0.1, 0.15) is 18.1 Å². The Morgan fingerprint density at radius 3 is 2.29 bits per heavy atom. The highest BCUT2D eigenvalue weighted by Crippen LogP contribution is 2.46. The quantitative estimate of drug-likeness (QED) is 0.383. The van der Waals surface area contributed by atoms with Crippen molar-refractivity contribution in [2.24, 2.45) is 11.8 Å². The Hall–Kier alpha value is -4.14. The number of carbonyl (C=O) groups excluding carboxylic acids is 3. The molecule has 0 saturated carbocycles. The van der Waals surface area contributed by atoms with Crippen LogP contribution in [0.25, 0.3) is 10.9 Å². The van der Waals surface area contributed by atoms with Gasteiger partial charge in [-0.1, -0.05) is 64.1 Å². The summed E-state index contributed by atoms with van der Waals surface area (Å²) < 4.78 is 0. The van der Waals surface area contributed by atoms with Gasteiger partial charge in [-0.25, -0.2) is 4.79 Å². The highest BCUT2D eigenvalue weighted by molar-refractivity contribution is 6.04. The van der Waals surface area contributed by atoms with E-state index in [1.54, 1.807) is 38.7 Å². The van der Waals surface area contributed by atoms with Crippen LogP contribution in [0.5, 0.6) is 0 Å². The summed E-state index contributed by atoms with van der Waals surface area (Å²) in [6, 6.07) is 11.9. The standard InChI is InChI=1S/C29H32N4O5/c1-14(2)22(27(35)32-23(15(3)4)29(37)38)31-26(34)21-13-19-16-9-7-8-12-20(16)30-24(19)25-17-10-5-6-11-18(17)28(36)33(21)25/h5-12,14-15,21-23,25,30H,13H2,1-4H3,(H,31,34)(H,32,35)(H,37,38)/t21-,22-,23+,25-/m0/s1. The average molecular weight is 517 g/mol. The van der Waals surface area contributed by atoms with E-state index in [9.17, 15) is 24.3 Å². The number of fused-ring (bicyclic) bond motifs is 7. The Labute approximate surface area is 220 Å². The molecule has 4 N–H and O–H groups in total. The summed E-state index contributed by atoms with van der Waals surface area (Å²) in [6.45, 7) is 6.99. The number of H-pyrrole nitrogens is 1. The molecule has 0 fully saturated rings. The number of carboxylic acid groups (broad SMARTS) is 1. The largest absolute Gasteiger partial charge is 0.480 e. The molecule has 2 aliphatic rings. The second-order valence-electron chi connectivity index (χ2n) is 10.8. The van der Waals surface area contributed by atoms with E-state index in [2.05, 4.69) is 15.6 Å². The van der Waals surface area contributed by atoms with Crippen LogP contribution >= 0.6 is 0 Å². The number of para-hydroxylation sites is 1. The van der Waals surface area contributed by atoms with Gasteiger partial charge < -0.3 is 25.6 Å². The minimum Gasteiger partial charge on any atom is -0.480 e. The molecule has 0 aliphatic carbocycles. The predicted octanol–water partition coefficient (Wildman–Crippen LogP) is 3.00. The van der Waals surface area contributed by atoms with E-state index in [0.29, 0.717) is 5.56 Å². The summed E-state index contributed by atoms with van der Waals surface area (Å²) in [4.78, 5) is 57.4. The first-order valence-electron chi connectivity index (χ1n) is 12.9. The molecular weight excluding hydrogens is 484 g/mol. The van der Waals surface area contributed by atoms with Crippen LogP contribution in [0.4, 0.5) is 0 Å². The van der Waals surface area contributed by atoms with E-state index in [-0.39, 0.29) is 24.2 Å². The lowest BCUT2D eigenvalue weighted by Crippen LogP contribution is -2.59. The van der Waals surface area contributed by atoms with Crippen LogP contribution in [0.1, 0.15) is 60.9 Å². The topological polar surface area (TPSA) is 132 Å². The highest BCUT2D eigenvalue weighted by Gasteiger charge is 2.49. The number of benzene rings is 2. The Balaban J connectivity index is 1.50. The number of hydrogen-bond donors (Lipinski definition) is 4. The van der Waals surface area contributed by atoms with Crippen LogP contribution < -0.4 is 10.6 Å². The fourth-order valence-corrected chi connectivity index (χ4v) is 5.68. The smallest absolute Gasteiger partial charge is 0.326 e. The minimum absolute atomic E-state index is 0.230. The maximum absolute atomic E-state index is 13.9. The molecule has 9 heteroatoms. The minimum atomic E-state index is -1.13. The molecule has 38 heavy (non-hydrogen) atoms. The van der Waals surface area contributed by atoms with Crippen molar-refractivity contribution in [2.45, 2.75) is 58.3 Å². The number of nitrogens with one attached hydrogen (secondary N) is 3. The normalized spacial score (nSPS) is 19.6. The number of aromatic nitrogens is 1. The summed E-state index contributed by atoms with van der Waals surface area (Å²) in [7, 11) is 0. The number of rotatable bonds is 7. The van der Waals surface area contributed by atoms with Gasteiger partial charge in [0, 0.05) is 28.6 Å². The van der Waals surface area contributed by atoms with Crippen molar-refractivity contribution in [2.75, 3.05) is 0 Å². The highest BCUT2D eigenvalue weighted by atomic mass is 16.4. The molecule has 4 atom stereocenters. The van der Waals surface area contributed by atoms with Gasteiger partial charge in [-0.05, 0) is 35.1 Å². The van der Waals surface area contributed by atoms with E-state index in [4.69, 9.17) is 0 Å². The Morgan fingerprint density at radius 1 is 0.947 bits per heavy atom. The third-order valence-corrected chi connectivity index (χ3v) is 7.63. The van der Waals surface area contributed by atoms with Crippen molar-refractivity contribution in [3.8, 4) is 0 Å². The molecule has 0 bridgehead atoms. The summed E-state index contributed by atoms with van der Waals surface area (Å²) >= 11 is 0. The van der Waals surface area contributed by atoms with Gasteiger partial charge in [0.15, 0.2) is 0 Å². The molecule has 3 amide bonds. The molecule has 5 rings (SSSR count). The summed E-state index contributed by atoms with van der Waals surface area (Å²) in [5.41, 5.74) is 4.20. The van der Waals surface area contributed by atoms with Gasteiger partial charge in [0.05, 0.1) is 6.04 Å². The Kier molecular flexibility index (Phi) is 6.46. The zero-order valence-electron chi connectivity index (χ0n) is 21.8. The molecule has 1 aromatic heterocycles. The van der Waals surface area contributed by atoms with E-state index >= 15 is 0 Å². The first kappa shape index (κ1) is 25.5. The number of carboxylic acids is 1. The Morgan fingerprint density at radius 2 is 1.61 bits per heavy atom. The monoisotopic (exact) mass is 516 g/mol. The average Bonchev–Trinajstić information content (AvgIpc) is 3.40. The van der Waals surface area contributed by atoms with Gasteiger partial charge in [0.2, 0.25) is 11.8 Å². The summed E-state index contributed by atoms with van der Waals surface area (Å²) in [5.74, 6) is -3.02. The lowest BCUT2D eigenvalue weighted by atomic mass is 9.89. The maximum atomic E-state index is 13.9. The molecular formula is C29H32N4O5. The first-order valence-corrected chi connectivity index (χ1v) is 12.9. The zero-order chi connectivity index (χ0) is 27.3. The molecule has 0 radical (unpaired) electrons. The number of aromatic amines is 1. The lowest BCUT2D eigenvalue weighted by Gasteiger charge is -2.38. The van der Waals surface area contributed by atoms with Crippen molar-refractivity contribution in [3.63, 3.8) is 0 Å². The van der Waals surface area contributed by atoms with Crippen LogP contribution in [0.2, 0.25) is 0 Å². The molecule has 2 aromatic carbocycles. The van der Waals surface area contributed by atoms with E-state index in [1.165, 1.54) is 0 Å². The van der Waals surface area contributed by atoms with Crippen LogP contribution in [-0.2, 0) is 20.8 Å². The molecule has 3 heterocycles. The molecule has 0 spiro atoms. The van der Waals surface area contributed by atoms with Crippen molar-refractivity contribution < 1.29 is 24.3 Å². The fraction of sp³-hybridized carbons (Fsp3) is 0.379. The SMILES string of the molecule is CC(C)[C@H](NC(=O)[C@@H]1Cc2c([nH]c3ccccc23)[C@@H]2c3ccccc3C(=O)N21)C(=O)N[C@@H](C(=O)O)C(C)C. The fourth-order valence-electron chi connectivity index (χ4n) is 5.68. The third kappa shape index (κ3) is 4.12. The van der Waals surface area contributed by atoms with Crippen molar-refractivity contribution in [1.29, 1.82) is 0 Å². The van der Waals surface area contributed by atoms with E-state index in [0.717, 1.165) is 27.7 Å². The van der Waals surface area contributed by atoms with Crippen molar-refractivity contribution in [1.82, 2.24) is 20.5 Å². The lowest BCUT2D eigenvalue weighted by molar-refractivity contribution is -0.143. The first-order chi connectivity index (χ1) is 18.1. The van der Waals surface area contributed by atoms with Crippen LogP contribution in [0, 0.1) is 11.8 Å². The second kappa shape index (κ2) is 9.63. The molecule has 198 valence electrons. The van der Waals surface area contributed by atoms with Crippen molar-refractivity contribution >= 4 is 34.6 Å². The molecule has 0 unspecified atom stereocenters. The van der Waals surface area contributed by atoms with Gasteiger partial charge >= 0.3 is 5.97 Å². The third-order valence-electron chi connectivity index (χ3n) is 7.63. The number of amides is 3. The maximum Gasteiger partial charge on any atom is 0.326 e. The molecule has 9 nitrogen and oxygen atoms in total. The summed E-state index contributed by atoms with van der Waals surface area (Å²) in [6.07, 6.45) is 0.289. The van der Waals surface area contributed by atoms with Crippen LogP contribution in [0.15, 0.2) is 48.5 Å². The van der Waals surface area contributed by atoms with E-state index < -0.39 is 42.0 Å². The number of hydrogen-bond acceptors (Lipinski definition) is 4. The molecule has 0 saturated heterocycles. The van der Waals surface area contributed by atoms with E-state index in [1.807, 2.05) is 42.5 Å². The Bertz CT molecular complexity index is 1440. The predicted molar refractivity (Wildman–Crippen MR) is 141 cm³/mol. The van der Waals surface area contributed by atoms with Crippen LogP contribution in [-0.4, -0.2) is 56.8 Å². The summed E-state index contributed by atoms with van der Waals surface area (Å²) in [5, 5.41) is 15.9. The zero-order valence-corrected chi connectivity index (χ0v) is 21.8. The molecule has 2 aliphatic heterocycles. The van der Waals surface area contributed by atoms with Gasteiger partial charge in [-0.3, -0.25) is 14.4 Å². The van der Waals surface area contributed by atoms with Gasteiger partial charge in [-0.15, -0.1) is 0 Å².